The highest BCUT2D eigenvalue weighted by Gasteiger charge is 2.18. The van der Waals surface area contributed by atoms with Crippen LogP contribution in [-0.4, -0.2) is 39.8 Å². The van der Waals surface area contributed by atoms with Crippen LogP contribution in [0.25, 0.3) is 0 Å². The first-order valence-electron chi connectivity index (χ1n) is 4.81. The number of carbonyl (C=O) groups excluding carboxylic acids is 1. The molecule has 0 unspecified atom stereocenters. The molecule has 1 aromatic heterocycles. The van der Waals surface area contributed by atoms with Crippen molar-refractivity contribution in [1.82, 2.24) is 15.6 Å². The van der Waals surface area contributed by atoms with E-state index < -0.39 is 24.6 Å². The van der Waals surface area contributed by atoms with Gasteiger partial charge in [-0.05, 0) is 6.92 Å². The molecular formula is C9H13N3O4S. The van der Waals surface area contributed by atoms with Crippen LogP contribution < -0.4 is 10.6 Å². The fourth-order valence-electron chi connectivity index (χ4n) is 1.05. The molecule has 8 heteroatoms. The second-order valence-corrected chi connectivity index (χ2v) is 4.20. The predicted octanol–water partition coefficient (Wildman–Crippen LogP) is -0.304. The van der Waals surface area contributed by atoms with Crippen LogP contribution in [0, 0.1) is 6.92 Å². The van der Waals surface area contributed by atoms with E-state index in [1.165, 1.54) is 11.3 Å². The molecule has 1 heterocycles. The van der Waals surface area contributed by atoms with Gasteiger partial charge in [-0.3, -0.25) is 0 Å². The number of aryl methyl sites for hydroxylation is 1. The Kier molecular flexibility index (Phi) is 4.85. The number of aliphatic hydroxyl groups excluding tert-OH is 1. The molecule has 0 saturated heterocycles. The maximum Gasteiger partial charge on any atom is 0.328 e. The summed E-state index contributed by atoms with van der Waals surface area (Å²) in [6.07, 6.45) is 0. The third-order valence-corrected chi connectivity index (χ3v) is 2.98. The molecule has 7 nitrogen and oxygen atoms in total. The van der Waals surface area contributed by atoms with Crippen molar-refractivity contribution in [3.63, 3.8) is 0 Å². The summed E-state index contributed by atoms with van der Waals surface area (Å²) >= 11 is 1.40. The van der Waals surface area contributed by atoms with Crippen molar-refractivity contribution in [3.8, 4) is 0 Å². The van der Waals surface area contributed by atoms with Crippen LogP contribution in [0.5, 0.6) is 0 Å². The Balaban J connectivity index is 2.40. The molecular weight excluding hydrogens is 246 g/mol. The molecule has 94 valence electrons. The Labute approximate surface area is 101 Å². The highest BCUT2D eigenvalue weighted by Crippen LogP contribution is 2.10. The molecule has 0 aromatic carbocycles. The smallest absolute Gasteiger partial charge is 0.328 e. The van der Waals surface area contributed by atoms with Crippen molar-refractivity contribution in [2.24, 2.45) is 0 Å². The number of nitrogens with one attached hydrogen (secondary N) is 2. The topological polar surface area (TPSA) is 112 Å². The van der Waals surface area contributed by atoms with Gasteiger partial charge in [0.05, 0.1) is 24.4 Å². The monoisotopic (exact) mass is 259 g/mol. The quantitative estimate of drug-likeness (QED) is 0.580. The fraction of sp³-hybridized carbons (Fsp3) is 0.444. The molecule has 2 amide bonds. The van der Waals surface area contributed by atoms with Crippen molar-refractivity contribution in [1.29, 1.82) is 0 Å². The van der Waals surface area contributed by atoms with E-state index in [2.05, 4.69) is 15.6 Å². The molecule has 0 saturated carbocycles. The van der Waals surface area contributed by atoms with E-state index in [4.69, 9.17) is 10.2 Å². The lowest BCUT2D eigenvalue weighted by Crippen LogP contribution is -2.47. The number of carbonyl (C=O) groups is 2. The maximum atomic E-state index is 11.3. The summed E-state index contributed by atoms with van der Waals surface area (Å²) in [5, 5.41) is 21.9. The van der Waals surface area contributed by atoms with Gasteiger partial charge >= 0.3 is 12.0 Å². The van der Waals surface area contributed by atoms with Crippen molar-refractivity contribution in [2.45, 2.75) is 19.5 Å². The Hall–Kier alpha value is -1.67. The highest BCUT2D eigenvalue weighted by atomic mass is 32.1. The number of thiazole rings is 1. The van der Waals surface area contributed by atoms with E-state index in [0.717, 1.165) is 10.6 Å². The number of hydrogen-bond acceptors (Lipinski definition) is 5. The average Bonchev–Trinajstić information content (AvgIpc) is 2.68. The normalized spacial score (nSPS) is 11.9. The summed E-state index contributed by atoms with van der Waals surface area (Å²) in [6, 6.07) is -1.93. The minimum atomic E-state index is -1.29. The standard InChI is InChI=1S/C9H13N3O4S/c1-5-7(17-4-11-5)2-10-9(16)12-6(3-13)8(14)15/h4,6,13H,2-3H2,1H3,(H,14,15)(H2,10,12,16)/t6-/m0/s1. The van der Waals surface area contributed by atoms with E-state index in [1.54, 1.807) is 5.51 Å². The number of amides is 2. The van der Waals surface area contributed by atoms with Crippen LogP contribution in [0.2, 0.25) is 0 Å². The van der Waals surface area contributed by atoms with Gasteiger partial charge in [-0.25, -0.2) is 14.6 Å². The van der Waals surface area contributed by atoms with Crippen LogP contribution >= 0.6 is 11.3 Å². The van der Waals surface area contributed by atoms with Crippen LogP contribution in [0.4, 0.5) is 4.79 Å². The first kappa shape index (κ1) is 13.4. The number of hydrogen-bond donors (Lipinski definition) is 4. The number of carboxylic acids is 1. The Morgan fingerprint density at radius 2 is 2.29 bits per heavy atom. The lowest BCUT2D eigenvalue weighted by Gasteiger charge is -2.12. The number of rotatable bonds is 5. The van der Waals surface area contributed by atoms with E-state index in [-0.39, 0.29) is 6.54 Å². The summed E-state index contributed by atoms with van der Waals surface area (Å²) in [6.45, 7) is 1.45. The van der Waals surface area contributed by atoms with E-state index >= 15 is 0 Å². The van der Waals surface area contributed by atoms with Crippen molar-refractivity contribution >= 4 is 23.3 Å². The summed E-state index contributed by atoms with van der Waals surface area (Å²) in [5.41, 5.74) is 2.49. The Morgan fingerprint density at radius 1 is 1.59 bits per heavy atom. The number of aliphatic hydroxyl groups is 1. The zero-order chi connectivity index (χ0) is 12.8. The third-order valence-electron chi connectivity index (χ3n) is 2.04. The predicted molar refractivity (Wildman–Crippen MR) is 60.7 cm³/mol. The number of urea groups is 1. The van der Waals surface area contributed by atoms with E-state index in [0.29, 0.717) is 0 Å². The van der Waals surface area contributed by atoms with Crippen molar-refractivity contribution < 1.29 is 19.8 Å². The van der Waals surface area contributed by atoms with Crippen LogP contribution in [0.15, 0.2) is 5.51 Å². The molecule has 0 fully saturated rings. The Bertz CT molecular complexity index is 407. The fourth-order valence-corrected chi connectivity index (χ4v) is 1.77. The summed E-state index contributed by atoms with van der Waals surface area (Å²) in [5.74, 6) is -1.28. The molecule has 1 atom stereocenters. The first-order chi connectivity index (χ1) is 8.04. The SMILES string of the molecule is Cc1ncsc1CNC(=O)N[C@@H](CO)C(=O)O. The van der Waals surface area contributed by atoms with Gasteiger partial charge in [0.25, 0.3) is 0 Å². The molecule has 0 aliphatic rings. The van der Waals surface area contributed by atoms with Crippen LogP contribution in [0.3, 0.4) is 0 Å². The minimum Gasteiger partial charge on any atom is -0.480 e. The first-order valence-corrected chi connectivity index (χ1v) is 5.69. The van der Waals surface area contributed by atoms with Gasteiger partial charge in [0, 0.05) is 4.88 Å². The lowest BCUT2D eigenvalue weighted by molar-refractivity contribution is -0.140. The van der Waals surface area contributed by atoms with Gasteiger partial charge < -0.3 is 20.8 Å². The largest absolute Gasteiger partial charge is 0.480 e. The minimum absolute atomic E-state index is 0.278. The van der Waals surface area contributed by atoms with Gasteiger partial charge in [0.1, 0.15) is 0 Å². The maximum absolute atomic E-state index is 11.3. The Morgan fingerprint density at radius 3 is 2.76 bits per heavy atom. The van der Waals surface area contributed by atoms with E-state index in [1.807, 2.05) is 6.92 Å². The molecule has 17 heavy (non-hydrogen) atoms. The van der Waals surface area contributed by atoms with Gasteiger partial charge in [0.2, 0.25) is 0 Å². The highest BCUT2D eigenvalue weighted by molar-refractivity contribution is 7.09. The number of aromatic nitrogens is 1. The van der Waals surface area contributed by atoms with Crippen molar-refractivity contribution in [2.75, 3.05) is 6.61 Å². The summed E-state index contributed by atoms with van der Waals surface area (Å²) < 4.78 is 0. The second-order valence-electron chi connectivity index (χ2n) is 3.26. The van der Waals surface area contributed by atoms with Crippen molar-refractivity contribution in [3.05, 3.63) is 16.1 Å². The van der Waals surface area contributed by atoms with Gasteiger partial charge in [-0.2, -0.15) is 0 Å². The van der Waals surface area contributed by atoms with Gasteiger partial charge in [-0.1, -0.05) is 0 Å². The number of carboxylic acid groups (broad SMARTS) is 1. The van der Waals surface area contributed by atoms with Crippen LogP contribution in [0.1, 0.15) is 10.6 Å². The summed E-state index contributed by atoms with van der Waals surface area (Å²) in [7, 11) is 0. The number of nitrogens with zero attached hydrogens (tertiary/aromatic N) is 1. The zero-order valence-electron chi connectivity index (χ0n) is 9.14. The van der Waals surface area contributed by atoms with Gasteiger partial charge in [0.15, 0.2) is 6.04 Å². The molecule has 1 aromatic rings. The molecule has 1 rings (SSSR count). The number of aliphatic carboxylic acids is 1. The lowest BCUT2D eigenvalue weighted by atomic mass is 10.3. The summed E-state index contributed by atoms with van der Waals surface area (Å²) in [4.78, 5) is 26.8. The molecule has 0 aliphatic carbocycles. The second kappa shape index (κ2) is 6.16. The molecule has 0 aliphatic heterocycles. The zero-order valence-corrected chi connectivity index (χ0v) is 9.95. The third kappa shape index (κ3) is 4.00. The molecule has 0 radical (unpaired) electrons. The van der Waals surface area contributed by atoms with Crippen LogP contribution in [-0.2, 0) is 11.3 Å². The molecule has 0 bridgehead atoms. The van der Waals surface area contributed by atoms with E-state index in [9.17, 15) is 9.59 Å². The average molecular weight is 259 g/mol. The van der Waals surface area contributed by atoms with Gasteiger partial charge in [-0.15, -0.1) is 11.3 Å². The molecule has 0 spiro atoms. The molecule has 4 N–H and O–H groups in total.